The molecular formula is C23H21BrFN5O4. The number of nitrogens with one attached hydrogen (secondary N) is 1. The fraction of sp³-hybridized carbons (Fsp3) is 0.304. The number of rotatable bonds is 6. The quantitative estimate of drug-likeness (QED) is 0.449. The number of amides is 3. The number of piperidine rings is 1. The first-order chi connectivity index (χ1) is 16.3. The largest absolute Gasteiger partial charge is 0.396 e. The molecule has 1 saturated carbocycles. The van der Waals surface area contributed by atoms with Crippen molar-refractivity contribution in [2.24, 2.45) is 11.1 Å². The van der Waals surface area contributed by atoms with Gasteiger partial charge in [0.2, 0.25) is 11.8 Å². The predicted molar refractivity (Wildman–Crippen MR) is 124 cm³/mol. The summed E-state index contributed by atoms with van der Waals surface area (Å²) < 4.78 is 16.0. The molecule has 34 heavy (non-hydrogen) atoms. The van der Waals surface area contributed by atoms with E-state index in [0.717, 1.165) is 0 Å². The second kappa shape index (κ2) is 8.17. The Labute approximate surface area is 201 Å². The Hall–Kier alpha value is -3.31. The van der Waals surface area contributed by atoms with Crippen molar-refractivity contribution >= 4 is 50.2 Å². The minimum Gasteiger partial charge on any atom is -0.396 e. The third-order valence-corrected chi connectivity index (χ3v) is 7.32. The van der Waals surface area contributed by atoms with Gasteiger partial charge in [-0.15, -0.1) is 0 Å². The smallest absolute Gasteiger partial charge is 0.269 e. The lowest BCUT2D eigenvalue weighted by atomic mass is 10.00. The van der Waals surface area contributed by atoms with Crippen LogP contribution in [0.15, 0.2) is 46.9 Å². The number of anilines is 1. The van der Waals surface area contributed by atoms with E-state index in [-0.39, 0.29) is 41.5 Å². The molecule has 5 rings (SSSR count). The van der Waals surface area contributed by atoms with Crippen LogP contribution in [0.2, 0.25) is 0 Å². The topological polar surface area (TPSA) is 131 Å². The second-order valence-corrected chi connectivity index (χ2v) is 9.59. The number of nitrogens with two attached hydrogens (primary N) is 1. The van der Waals surface area contributed by atoms with Gasteiger partial charge < -0.3 is 21.1 Å². The summed E-state index contributed by atoms with van der Waals surface area (Å²) in [5, 5.41) is 17.2. The Balaban J connectivity index is 1.43. The molecule has 1 aromatic heterocycles. The highest BCUT2D eigenvalue weighted by atomic mass is 79.9. The summed E-state index contributed by atoms with van der Waals surface area (Å²) in [5.41, 5.74) is 5.51. The molecule has 1 aliphatic heterocycles. The number of aliphatic hydroxyl groups excluding tert-OH is 1. The second-order valence-electron chi connectivity index (χ2n) is 8.74. The number of halogens is 2. The zero-order valence-electron chi connectivity index (χ0n) is 17.9. The van der Waals surface area contributed by atoms with Crippen LogP contribution in [0.3, 0.4) is 0 Å². The summed E-state index contributed by atoms with van der Waals surface area (Å²) in [6, 6.07) is 10.3. The van der Waals surface area contributed by atoms with Crippen molar-refractivity contribution in [1.29, 1.82) is 0 Å². The lowest BCUT2D eigenvalue weighted by Crippen LogP contribution is -2.46. The van der Waals surface area contributed by atoms with Crippen molar-refractivity contribution in [3.8, 4) is 0 Å². The molecule has 0 radical (unpaired) electrons. The Morgan fingerprint density at radius 2 is 1.97 bits per heavy atom. The maximum absolute atomic E-state index is 14.4. The molecule has 176 valence electrons. The molecule has 0 spiro atoms. The van der Waals surface area contributed by atoms with Gasteiger partial charge in [0.1, 0.15) is 12.6 Å². The van der Waals surface area contributed by atoms with Gasteiger partial charge in [-0.2, -0.15) is 5.10 Å². The highest BCUT2D eigenvalue weighted by Crippen LogP contribution is 2.59. The van der Waals surface area contributed by atoms with Gasteiger partial charge in [-0.1, -0.05) is 24.3 Å². The summed E-state index contributed by atoms with van der Waals surface area (Å²) in [4.78, 5) is 39.8. The number of carbonyl (C=O) groups is 3. The maximum atomic E-state index is 14.4. The Morgan fingerprint density at radius 3 is 2.71 bits per heavy atom. The van der Waals surface area contributed by atoms with Crippen LogP contribution in [0.5, 0.6) is 0 Å². The average molecular weight is 530 g/mol. The van der Waals surface area contributed by atoms with Crippen LogP contribution in [-0.4, -0.2) is 56.2 Å². The Morgan fingerprint density at radius 1 is 1.21 bits per heavy atom. The third kappa shape index (κ3) is 3.55. The number of hydrogen-bond donors (Lipinski definition) is 3. The summed E-state index contributed by atoms with van der Waals surface area (Å²) in [7, 11) is 0. The number of aliphatic hydroxyl groups is 1. The molecule has 2 fully saturated rings. The van der Waals surface area contributed by atoms with E-state index in [2.05, 4.69) is 26.3 Å². The van der Waals surface area contributed by atoms with E-state index in [1.165, 1.54) is 21.7 Å². The number of para-hydroxylation sites is 1. The van der Waals surface area contributed by atoms with Gasteiger partial charge in [0.05, 0.1) is 22.3 Å². The van der Waals surface area contributed by atoms with E-state index >= 15 is 0 Å². The third-order valence-electron chi connectivity index (χ3n) is 6.71. The SMILES string of the molecule is NC(=O)c1nn(CC(=O)N2[C@H](C(=O)Nc3cccc(Br)c3F)C[C@@]3(CO)C[C@@H]23)c2ccccc12. The van der Waals surface area contributed by atoms with Crippen LogP contribution >= 0.6 is 15.9 Å². The summed E-state index contributed by atoms with van der Waals surface area (Å²) >= 11 is 3.09. The van der Waals surface area contributed by atoms with Gasteiger partial charge in [-0.05, 0) is 47.0 Å². The molecule has 3 amide bonds. The maximum Gasteiger partial charge on any atom is 0.269 e. The van der Waals surface area contributed by atoms with Crippen LogP contribution < -0.4 is 11.1 Å². The number of aromatic nitrogens is 2. The van der Waals surface area contributed by atoms with Crippen LogP contribution in [-0.2, 0) is 16.1 Å². The van der Waals surface area contributed by atoms with Gasteiger partial charge in [0.25, 0.3) is 5.91 Å². The van der Waals surface area contributed by atoms with Crippen molar-refractivity contribution in [3.63, 3.8) is 0 Å². The molecule has 1 saturated heterocycles. The summed E-state index contributed by atoms with van der Waals surface area (Å²) in [6.07, 6.45) is 0.852. The van der Waals surface area contributed by atoms with E-state index in [0.29, 0.717) is 17.3 Å². The molecule has 3 aromatic rings. The van der Waals surface area contributed by atoms with E-state index < -0.39 is 35.0 Å². The zero-order valence-corrected chi connectivity index (χ0v) is 19.5. The minimum absolute atomic E-state index is 0.00503. The van der Waals surface area contributed by atoms with Gasteiger partial charge in [0, 0.05) is 16.8 Å². The van der Waals surface area contributed by atoms with Gasteiger partial charge in [0.15, 0.2) is 11.5 Å². The highest BCUT2D eigenvalue weighted by Gasteiger charge is 2.66. The van der Waals surface area contributed by atoms with E-state index in [1.807, 2.05) is 0 Å². The van der Waals surface area contributed by atoms with Crippen molar-refractivity contribution in [2.45, 2.75) is 31.5 Å². The number of primary amides is 1. The van der Waals surface area contributed by atoms with Gasteiger partial charge in [-0.25, -0.2) is 4.39 Å². The molecule has 2 aromatic carbocycles. The van der Waals surface area contributed by atoms with Crippen LogP contribution in [0.1, 0.15) is 23.3 Å². The van der Waals surface area contributed by atoms with Crippen molar-refractivity contribution in [3.05, 3.63) is 58.4 Å². The number of likely N-dealkylation sites (tertiary alicyclic amines) is 1. The molecule has 2 heterocycles. The van der Waals surface area contributed by atoms with Gasteiger partial charge >= 0.3 is 0 Å². The van der Waals surface area contributed by atoms with Crippen molar-refractivity contribution < 1.29 is 23.9 Å². The average Bonchev–Trinajstić information content (AvgIpc) is 3.24. The number of carbonyl (C=O) groups excluding carboxylic acids is 3. The molecule has 3 atom stereocenters. The first-order valence-corrected chi connectivity index (χ1v) is 11.5. The normalized spacial score (nSPS) is 23.1. The lowest BCUT2D eigenvalue weighted by molar-refractivity contribution is -0.138. The van der Waals surface area contributed by atoms with Crippen molar-refractivity contribution in [1.82, 2.24) is 14.7 Å². The number of benzene rings is 2. The molecule has 11 heteroatoms. The van der Waals surface area contributed by atoms with E-state index in [4.69, 9.17) is 5.73 Å². The van der Waals surface area contributed by atoms with Crippen LogP contribution in [0.25, 0.3) is 10.9 Å². The number of hydrogen-bond acceptors (Lipinski definition) is 5. The Kier molecular flexibility index (Phi) is 5.40. The fourth-order valence-electron chi connectivity index (χ4n) is 4.90. The molecule has 1 aliphatic carbocycles. The van der Waals surface area contributed by atoms with Gasteiger partial charge in [-0.3, -0.25) is 19.1 Å². The summed E-state index contributed by atoms with van der Waals surface area (Å²) in [5.74, 6) is -2.25. The standard InChI is InChI=1S/C23H21BrFN5O4/c24-13-5-3-6-14(19(13)25)27-22(34)16-8-23(11-31)9-17(23)30(16)18(32)10-29-15-7-2-1-4-12(15)20(28-29)21(26)33/h1-7,16-17,31H,8-11H2,(H2,26,33)(H,27,34)/t16-,17+,23-/m0/s1. The first-order valence-electron chi connectivity index (χ1n) is 10.7. The minimum atomic E-state index is -0.880. The first kappa shape index (κ1) is 22.5. The highest BCUT2D eigenvalue weighted by molar-refractivity contribution is 9.10. The summed E-state index contributed by atoms with van der Waals surface area (Å²) in [6.45, 7) is -0.381. The molecule has 0 unspecified atom stereocenters. The monoisotopic (exact) mass is 529 g/mol. The van der Waals surface area contributed by atoms with E-state index in [1.54, 1.807) is 30.3 Å². The molecule has 2 aliphatic rings. The predicted octanol–water partition coefficient (Wildman–Crippen LogP) is 2.03. The van der Waals surface area contributed by atoms with Crippen LogP contribution in [0.4, 0.5) is 10.1 Å². The zero-order chi connectivity index (χ0) is 24.2. The Bertz CT molecular complexity index is 1340. The lowest BCUT2D eigenvalue weighted by Gasteiger charge is -2.27. The number of fused-ring (bicyclic) bond motifs is 2. The fourth-order valence-corrected chi connectivity index (χ4v) is 5.26. The molecule has 9 nitrogen and oxygen atoms in total. The molecular weight excluding hydrogens is 509 g/mol. The van der Waals surface area contributed by atoms with Crippen LogP contribution in [0, 0.1) is 11.2 Å². The van der Waals surface area contributed by atoms with E-state index in [9.17, 15) is 23.9 Å². The number of nitrogens with zero attached hydrogens (tertiary/aromatic N) is 3. The molecule has 0 bridgehead atoms. The van der Waals surface area contributed by atoms with Crippen molar-refractivity contribution in [2.75, 3.05) is 11.9 Å². The molecule has 4 N–H and O–H groups in total.